The van der Waals surface area contributed by atoms with Crippen molar-refractivity contribution in [2.45, 2.75) is 6.54 Å². The van der Waals surface area contributed by atoms with Gasteiger partial charge >= 0.3 is 0 Å². The minimum Gasteiger partial charge on any atom is -0.497 e. The number of rotatable bonds is 4. The fourth-order valence-corrected chi connectivity index (χ4v) is 3.76. The number of methoxy groups -OCH3 is 1. The van der Waals surface area contributed by atoms with Crippen molar-refractivity contribution in [3.8, 4) is 5.75 Å². The highest BCUT2D eigenvalue weighted by Crippen LogP contribution is 2.17. The fourth-order valence-electron chi connectivity index (χ4n) is 2.79. The van der Waals surface area contributed by atoms with Crippen LogP contribution in [0.2, 0.25) is 0 Å². The summed E-state index contributed by atoms with van der Waals surface area (Å²) in [6, 6.07) is 10.1. The highest BCUT2D eigenvalue weighted by molar-refractivity contribution is 7.80. The Bertz CT molecular complexity index is 637. The molecule has 6 heteroatoms. The number of anilines is 1. The Morgan fingerprint density at radius 1 is 1.35 bits per heavy atom. The van der Waals surface area contributed by atoms with Crippen molar-refractivity contribution in [2.24, 2.45) is 0 Å². The molecule has 1 aliphatic rings. The molecule has 1 aliphatic heterocycles. The van der Waals surface area contributed by atoms with Crippen LogP contribution in [0, 0.1) is 0 Å². The molecule has 0 spiro atoms. The van der Waals surface area contributed by atoms with Gasteiger partial charge in [-0.1, -0.05) is 6.07 Å². The maximum Gasteiger partial charge on any atom is 0.173 e. The van der Waals surface area contributed by atoms with Gasteiger partial charge in [0.2, 0.25) is 0 Å². The van der Waals surface area contributed by atoms with Crippen LogP contribution < -0.4 is 15.0 Å². The standard InChI is InChI=1S/C17H21N3OS2/c1-21-16-4-2-3-15(11-16)18-17(22)20-8-6-19(7-9-20)12-14-5-10-23-13-14/h2-5,10-11,13H,6-9,12H2,1H3,(H,18,22)/p+1. The van der Waals surface area contributed by atoms with Gasteiger partial charge in [0.25, 0.3) is 0 Å². The number of thiophene rings is 1. The number of ether oxygens (including phenoxy) is 1. The third kappa shape index (κ3) is 4.43. The second-order valence-electron chi connectivity index (χ2n) is 5.71. The Morgan fingerprint density at radius 3 is 2.87 bits per heavy atom. The lowest BCUT2D eigenvalue weighted by Crippen LogP contribution is -3.13. The third-order valence-corrected chi connectivity index (χ3v) is 5.21. The molecule has 0 radical (unpaired) electrons. The first-order chi connectivity index (χ1) is 11.2. The Kier molecular flexibility index (Phi) is 5.48. The van der Waals surface area contributed by atoms with Crippen molar-refractivity contribution >= 4 is 34.4 Å². The van der Waals surface area contributed by atoms with Crippen LogP contribution in [0.25, 0.3) is 0 Å². The number of benzene rings is 1. The zero-order chi connectivity index (χ0) is 16.1. The number of nitrogens with one attached hydrogen (secondary N) is 2. The molecule has 0 saturated carbocycles. The van der Waals surface area contributed by atoms with E-state index in [1.165, 1.54) is 5.56 Å². The van der Waals surface area contributed by atoms with Crippen LogP contribution in [0.5, 0.6) is 5.75 Å². The van der Waals surface area contributed by atoms with Crippen LogP contribution in [0.15, 0.2) is 41.1 Å². The van der Waals surface area contributed by atoms with Crippen molar-refractivity contribution in [2.75, 3.05) is 38.6 Å². The molecule has 1 saturated heterocycles. The lowest BCUT2D eigenvalue weighted by Gasteiger charge is -2.33. The maximum absolute atomic E-state index is 5.56. The second-order valence-corrected chi connectivity index (χ2v) is 6.87. The molecular weight excluding hydrogens is 326 g/mol. The van der Waals surface area contributed by atoms with Crippen LogP contribution >= 0.6 is 23.6 Å². The van der Waals surface area contributed by atoms with Gasteiger partial charge < -0.3 is 19.9 Å². The lowest BCUT2D eigenvalue weighted by molar-refractivity contribution is -0.917. The predicted molar refractivity (Wildman–Crippen MR) is 99.5 cm³/mol. The Morgan fingerprint density at radius 2 is 2.17 bits per heavy atom. The molecule has 1 fully saturated rings. The zero-order valence-corrected chi connectivity index (χ0v) is 14.9. The smallest absolute Gasteiger partial charge is 0.173 e. The molecule has 2 N–H and O–H groups in total. The summed E-state index contributed by atoms with van der Waals surface area (Å²) in [6.45, 7) is 5.35. The topological polar surface area (TPSA) is 28.9 Å². The largest absolute Gasteiger partial charge is 0.497 e. The average molecular weight is 349 g/mol. The first kappa shape index (κ1) is 16.2. The highest BCUT2D eigenvalue weighted by atomic mass is 32.1. The number of piperazine rings is 1. The van der Waals surface area contributed by atoms with Gasteiger partial charge in [-0.25, -0.2) is 0 Å². The summed E-state index contributed by atoms with van der Waals surface area (Å²) in [5.41, 5.74) is 2.41. The Balaban J connectivity index is 1.49. The van der Waals surface area contributed by atoms with Crippen LogP contribution in [-0.2, 0) is 6.54 Å². The van der Waals surface area contributed by atoms with E-state index in [2.05, 4.69) is 27.0 Å². The number of thiocarbonyl (C=S) groups is 1. The molecule has 23 heavy (non-hydrogen) atoms. The van der Waals surface area contributed by atoms with Crippen molar-refractivity contribution in [1.29, 1.82) is 0 Å². The lowest BCUT2D eigenvalue weighted by atomic mass is 10.2. The van der Waals surface area contributed by atoms with Gasteiger partial charge in [-0.15, -0.1) is 0 Å². The summed E-state index contributed by atoms with van der Waals surface area (Å²) in [6.07, 6.45) is 0. The average Bonchev–Trinajstić information content (AvgIpc) is 3.08. The quantitative estimate of drug-likeness (QED) is 0.825. The van der Waals surface area contributed by atoms with Crippen molar-refractivity contribution in [3.63, 3.8) is 0 Å². The first-order valence-corrected chi connectivity index (χ1v) is 9.14. The SMILES string of the molecule is COc1cccc(NC(=S)N2CC[NH+](Cc3ccsc3)CC2)c1. The summed E-state index contributed by atoms with van der Waals surface area (Å²) in [5, 5.41) is 8.51. The minimum absolute atomic E-state index is 0.799. The van der Waals surface area contributed by atoms with Crippen molar-refractivity contribution < 1.29 is 9.64 Å². The molecule has 122 valence electrons. The van der Waals surface area contributed by atoms with Crippen molar-refractivity contribution in [3.05, 3.63) is 46.7 Å². The fraction of sp³-hybridized carbons (Fsp3) is 0.353. The van der Waals surface area contributed by atoms with E-state index in [0.29, 0.717) is 0 Å². The van der Waals surface area contributed by atoms with E-state index in [9.17, 15) is 0 Å². The Hall–Kier alpha value is -1.63. The van der Waals surface area contributed by atoms with E-state index in [1.54, 1.807) is 23.3 Å². The highest BCUT2D eigenvalue weighted by Gasteiger charge is 2.22. The molecule has 0 amide bonds. The summed E-state index contributed by atoms with van der Waals surface area (Å²) in [5.74, 6) is 0.836. The second kappa shape index (κ2) is 7.77. The molecule has 2 heterocycles. The summed E-state index contributed by atoms with van der Waals surface area (Å²) in [4.78, 5) is 3.88. The summed E-state index contributed by atoms with van der Waals surface area (Å²) >= 11 is 7.33. The molecule has 3 rings (SSSR count). The predicted octanol–water partition coefficient (Wildman–Crippen LogP) is 1.85. The van der Waals surface area contributed by atoms with Gasteiger partial charge in [0.15, 0.2) is 5.11 Å². The molecule has 0 bridgehead atoms. The maximum atomic E-state index is 5.56. The van der Waals surface area contributed by atoms with E-state index in [4.69, 9.17) is 17.0 Å². The molecule has 4 nitrogen and oxygen atoms in total. The van der Waals surface area contributed by atoms with E-state index >= 15 is 0 Å². The van der Waals surface area contributed by atoms with Crippen LogP contribution in [0.3, 0.4) is 0 Å². The number of hydrogen-bond donors (Lipinski definition) is 2. The monoisotopic (exact) mass is 348 g/mol. The van der Waals surface area contributed by atoms with E-state index < -0.39 is 0 Å². The molecule has 0 aliphatic carbocycles. The van der Waals surface area contributed by atoms with E-state index in [-0.39, 0.29) is 0 Å². The van der Waals surface area contributed by atoms with E-state index in [1.807, 2.05) is 24.3 Å². The molecule has 1 aromatic carbocycles. The minimum atomic E-state index is 0.799. The van der Waals surface area contributed by atoms with Gasteiger partial charge in [0, 0.05) is 17.3 Å². The third-order valence-electron chi connectivity index (χ3n) is 4.11. The normalized spacial score (nSPS) is 15.4. The van der Waals surface area contributed by atoms with Gasteiger partial charge in [-0.3, -0.25) is 0 Å². The number of nitrogens with zero attached hydrogens (tertiary/aromatic N) is 1. The van der Waals surface area contributed by atoms with Gasteiger partial charge in [0.1, 0.15) is 12.3 Å². The number of hydrogen-bond acceptors (Lipinski definition) is 3. The van der Waals surface area contributed by atoms with Crippen LogP contribution in [-0.4, -0.2) is 43.3 Å². The summed E-state index contributed by atoms with van der Waals surface area (Å²) < 4.78 is 5.25. The molecule has 1 aromatic heterocycles. The molecule has 2 aromatic rings. The van der Waals surface area contributed by atoms with Crippen molar-refractivity contribution in [1.82, 2.24) is 4.90 Å². The summed E-state index contributed by atoms with van der Waals surface area (Å²) in [7, 11) is 1.67. The van der Waals surface area contributed by atoms with E-state index in [0.717, 1.165) is 49.3 Å². The van der Waals surface area contributed by atoms with Crippen LogP contribution in [0.4, 0.5) is 5.69 Å². The first-order valence-electron chi connectivity index (χ1n) is 7.79. The number of quaternary nitrogens is 1. The molecule has 0 unspecified atom stereocenters. The van der Waals surface area contributed by atoms with Gasteiger partial charge in [-0.2, -0.15) is 11.3 Å². The Labute approximate surface area is 146 Å². The van der Waals surface area contributed by atoms with Gasteiger partial charge in [0.05, 0.1) is 33.3 Å². The zero-order valence-electron chi connectivity index (χ0n) is 13.2. The molecular formula is C17H22N3OS2+. The van der Waals surface area contributed by atoms with Crippen LogP contribution in [0.1, 0.15) is 5.56 Å². The molecule has 0 atom stereocenters. The van der Waals surface area contributed by atoms with Gasteiger partial charge in [-0.05, 0) is 41.2 Å².